The molecule has 0 aliphatic heterocycles. The number of hydrogen-bond acceptors (Lipinski definition) is 4. The van der Waals surface area contributed by atoms with Crippen LogP contribution in [0.5, 0.6) is 5.75 Å². The SMILES string of the molecule is CCn1c(COc2ccc(F)cc2Cl)nnc1SCc1ccc(C)cc1. The molecule has 0 atom stereocenters. The van der Waals surface area contributed by atoms with E-state index in [9.17, 15) is 4.39 Å². The fraction of sp³-hybridized carbons (Fsp3) is 0.263. The molecule has 0 saturated heterocycles. The zero-order valence-electron chi connectivity index (χ0n) is 14.6. The Balaban J connectivity index is 1.66. The smallest absolute Gasteiger partial charge is 0.191 e. The van der Waals surface area contributed by atoms with Gasteiger partial charge in [0.25, 0.3) is 0 Å². The molecule has 0 radical (unpaired) electrons. The summed E-state index contributed by atoms with van der Waals surface area (Å²) in [6.07, 6.45) is 0. The Morgan fingerprint density at radius 1 is 1.15 bits per heavy atom. The van der Waals surface area contributed by atoms with Gasteiger partial charge in [0.15, 0.2) is 11.0 Å². The second kappa shape index (κ2) is 8.56. The van der Waals surface area contributed by atoms with Gasteiger partial charge in [-0.15, -0.1) is 10.2 Å². The Kier molecular flexibility index (Phi) is 6.16. The molecule has 0 saturated carbocycles. The number of nitrogens with zero attached hydrogens (tertiary/aromatic N) is 3. The number of thioether (sulfide) groups is 1. The molecule has 0 fully saturated rings. The van der Waals surface area contributed by atoms with Gasteiger partial charge in [-0.05, 0) is 37.6 Å². The molecule has 3 aromatic rings. The standard InChI is InChI=1S/C19H19ClFN3OS/c1-3-24-18(11-25-17-9-8-15(21)10-16(17)20)22-23-19(24)26-12-14-6-4-13(2)5-7-14/h4-10H,3,11-12H2,1-2H3. The highest BCUT2D eigenvalue weighted by molar-refractivity contribution is 7.98. The highest BCUT2D eigenvalue weighted by atomic mass is 35.5. The van der Waals surface area contributed by atoms with Gasteiger partial charge in [-0.2, -0.15) is 0 Å². The normalized spacial score (nSPS) is 10.9. The molecule has 0 aliphatic carbocycles. The molecule has 0 spiro atoms. The fourth-order valence-electron chi connectivity index (χ4n) is 2.42. The summed E-state index contributed by atoms with van der Waals surface area (Å²) in [7, 11) is 0. The van der Waals surface area contributed by atoms with E-state index in [1.165, 1.54) is 29.3 Å². The van der Waals surface area contributed by atoms with E-state index in [2.05, 4.69) is 41.4 Å². The number of ether oxygens (including phenoxy) is 1. The third kappa shape index (κ3) is 4.56. The zero-order chi connectivity index (χ0) is 18.5. The van der Waals surface area contributed by atoms with Gasteiger partial charge < -0.3 is 9.30 Å². The largest absolute Gasteiger partial charge is 0.484 e. The molecular formula is C19H19ClFN3OS. The first-order chi connectivity index (χ1) is 12.6. The van der Waals surface area contributed by atoms with Crippen molar-refractivity contribution in [1.82, 2.24) is 14.8 Å². The van der Waals surface area contributed by atoms with Crippen molar-refractivity contribution in [2.24, 2.45) is 0 Å². The molecule has 136 valence electrons. The van der Waals surface area contributed by atoms with E-state index >= 15 is 0 Å². The van der Waals surface area contributed by atoms with E-state index in [4.69, 9.17) is 16.3 Å². The molecule has 0 N–H and O–H groups in total. The molecule has 1 aromatic heterocycles. The molecule has 0 unspecified atom stereocenters. The van der Waals surface area contributed by atoms with Crippen molar-refractivity contribution in [3.63, 3.8) is 0 Å². The minimum absolute atomic E-state index is 0.220. The molecule has 2 aromatic carbocycles. The van der Waals surface area contributed by atoms with Gasteiger partial charge in [0.2, 0.25) is 0 Å². The summed E-state index contributed by atoms with van der Waals surface area (Å²) < 4.78 is 20.8. The van der Waals surface area contributed by atoms with E-state index in [1.807, 2.05) is 11.5 Å². The number of rotatable bonds is 7. The average molecular weight is 392 g/mol. The second-order valence-electron chi connectivity index (χ2n) is 5.78. The number of benzene rings is 2. The van der Waals surface area contributed by atoms with Crippen LogP contribution in [0.15, 0.2) is 47.6 Å². The summed E-state index contributed by atoms with van der Waals surface area (Å²) >= 11 is 7.63. The van der Waals surface area contributed by atoms with Crippen LogP contribution in [0.3, 0.4) is 0 Å². The van der Waals surface area contributed by atoms with Gasteiger partial charge in [-0.1, -0.05) is 53.2 Å². The summed E-state index contributed by atoms with van der Waals surface area (Å²) in [6, 6.07) is 12.5. The Morgan fingerprint density at radius 3 is 2.62 bits per heavy atom. The van der Waals surface area contributed by atoms with Gasteiger partial charge in [0.05, 0.1) is 5.02 Å². The predicted molar refractivity (Wildman–Crippen MR) is 102 cm³/mol. The topological polar surface area (TPSA) is 39.9 Å². The van der Waals surface area contributed by atoms with Gasteiger partial charge in [-0.3, -0.25) is 0 Å². The molecule has 26 heavy (non-hydrogen) atoms. The molecule has 4 nitrogen and oxygen atoms in total. The van der Waals surface area contributed by atoms with E-state index in [0.29, 0.717) is 11.6 Å². The number of aryl methyl sites for hydroxylation is 1. The molecule has 7 heteroatoms. The number of halogens is 2. The van der Waals surface area contributed by atoms with Gasteiger partial charge in [-0.25, -0.2) is 4.39 Å². The first-order valence-corrected chi connectivity index (χ1v) is 9.61. The molecule has 1 heterocycles. The van der Waals surface area contributed by atoms with Crippen LogP contribution >= 0.6 is 23.4 Å². The van der Waals surface area contributed by atoms with Gasteiger partial charge in [0, 0.05) is 12.3 Å². The summed E-state index contributed by atoms with van der Waals surface area (Å²) in [6.45, 7) is 5.06. The van der Waals surface area contributed by atoms with Gasteiger partial charge >= 0.3 is 0 Å². The van der Waals surface area contributed by atoms with Crippen molar-refractivity contribution >= 4 is 23.4 Å². The van der Waals surface area contributed by atoms with Crippen molar-refractivity contribution in [3.8, 4) is 5.75 Å². The maximum atomic E-state index is 13.1. The Hall–Kier alpha value is -2.05. The van der Waals surface area contributed by atoms with Gasteiger partial charge in [0.1, 0.15) is 18.2 Å². The highest BCUT2D eigenvalue weighted by Gasteiger charge is 2.13. The Morgan fingerprint density at radius 2 is 1.92 bits per heavy atom. The third-order valence-corrected chi connectivity index (χ3v) is 5.18. The first kappa shape index (κ1) is 18.7. The lowest BCUT2D eigenvalue weighted by Gasteiger charge is -2.10. The Bertz CT molecular complexity index is 883. The van der Waals surface area contributed by atoms with Crippen LogP contribution in [0.25, 0.3) is 0 Å². The van der Waals surface area contributed by atoms with E-state index in [1.54, 1.807) is 11.8 Å². The number of hydrogen-bond donors (Lipinski definition) is 0. The van der Waals surface area contributed by atoms with E-state index in [0.717, 1.165) is 17.5 Å². The van der Waals surface area contributed by atoms with Crippen LogP contribution in [0, 0.1) is 12.7 Å². The summed E-state index contributed by atoms with van der Waals surface area (Å²) in [5, 5.41) is 9.58. The lowest BCUT2D eigenvalue weighted by Crippen LogP contribution is -2.07. The van der Waals surface area contributed by atoms with E-state index < -0.39 is 5.82 Å². The maximum absolute atomic E-state index is 13.1. The van der Waals surface area contributed by atoms with Crippen LogP contribution in [-0.2, 0) is 18.9 Å². The van der Waals surface area contributed by atoms with Crippen molar-refractivity contribution in [2.75, 3.05) is 0 Å². The van der Waals surface area contributed by atoms with Crippen LogP contribution in [-0.4, -0.2) is 14.8 Å². The zero-order valence-corrected chi connectivity index (χ0v) is 16.1. The van der Waals surface area contributed by atoms with Crippen molar-refractivity contribution in [2.45, 2.75) is 37.9 Å². The summed E-state index contributed by atoms with van der Waals surface area (Å²) in [5.41, 5.74) is 2.48. The lowest BCUT2D eigenvalue weighted by molar-refractivity contribution is 0.288. The number of aromatic nitrogens is 3. The molecule has 0 bridgehead atoms. The molecule has 0 aliphatic rings. The Labute approximate surface area is 161 Å². The first-order valence-electron chi connectivity index (χ1n) is 8.25. The lowest BCUT2D eigenvalue weighted by atomic mass is 10.2. The van der Waals surface area contributed by atoms with E-state index in [-0.39, 0.29) is 11.6 Å². The molecular weight excluding hydrogens is 373 g/mol. The summed E-state index contributed by atoms with van der Waals surface area (Å²) in [5.74, 6) is 1.56. The maximum Gasteiger partial charge on any atom is 0.191 e. The average Bonchev–Trinajstić information content (AvgIpc) is 3.02. The van der Waals surface area contributed by atoms with Crippen LogP contribution in [0.1, 0.15) is 23.9 Å². The molecule has 0 amide bonds. The third-order valence-electron chi connectivity index (χ3n) is 3.85. The van der Waals surface area contributed by atoms with Crippen molar-refractivity contribution < 1.29 is 9.13 Å². The minimum atomic E-state index is -0.395. The van der Waals surface area contributed by atoms with Crippen LogP contribution < -0.4 is 4.74 Å². The molecule has 3 rings (SSSR count). The second-order valence-corrected chi connectivity index (χ2v) is 7.13. The van der Waals surface area contributed by atoms with Crippen LogP contribution in [0.4, 0.5) is 4.39 Å². The fourth-order valence-corrected chi connectivity index (χ4v) is 3.62. The predicted octanol–water partition coefficient (Wildman–Crippen LogP) is 5.27. The van der Waals surface area contributed by atoms with Crippen molar-refractivity contribution in [3.05, 3.63) is 70.3 Å². The monoisotopic (exact) mass is 391 g/mol. The van der Waals surface area contributed by atoms with Crippen LogP contribution in [0.2, 0.25) is 5.02 Å². The highest BCUT2D eigenvalue weighted by Crippen LogP contribution is 2.26. The van der Waals surface area contributed by atoms with Crippen molar-refractivity contribution in [1.29, 1.82) is 0 Å². The minimum Gasteiger partial charge on any atom is -0.484 e. The quantitative estimate of drug-likeness (QED) is 0.514. The summed E-state index contributed by atoms with van der Waals surface area (Å²) in [4.78, 5) is 0.